The van der Waals surface area contributed by atoms with Crippen LogP contribution in [-0.2, 0) is 9.59 Å². The minimum absolute atomic E-state index is 0.0780. The number of ether oxygens (including phenoxy) is 1. The molecule has 0 bridgehead atoms. The largest absolute Gasteiger partial charge is 0.872 e. The number of likely N-dealkylation sites (tertiary alicyclic amines) is 1. The SMILES string of the molecule is COc1ccc(C([O-])=C2C(=O)C(=O)N(CCC[NH+](C)C)C2c2ccc(Cl)cc2)cc1Cl. The molecule has 0 spiro atoms. The number of ketones is 1. The molecule has 164 valence electrons. The molecule has 6 nitrogen and oxygen atoms in total. The fourth-order valence-corrected chi connectivity index (χ4v) is 4.04. The lowest BCUT2D eigenvalue weighted by molar-refractivity contribution is -0.858. The fourth-order valence-electron chi connectivity index (χ4n) is 3.66. The van der Waals surface area contributed by atoms with Gasteiger partial charge < -0.3 is 19.6 Å². The minimum Gasteiger partial charge on any atom is -0.872 e. The second kappa shape index (κ2) is 9.73. The Morgan fingerprint density at radius 2 is 1.81 bits per heavy atom. The van der Waals surface area contributed by atoms with Crippen LogP contribution in [0.15, 0.2) is 48.0 Å². The van der Waals surface area contributed by atoms with E-state index in [1.807, 2.05) is 14.1 Å². The lowest BCUT2D eigenvalue weighted by Gasteiger charge is -2.27. The maximum atomic E-state index is 13.4. The molecule has 1 atom stereocenters. The van der Waals surface area contributed by atoms with Gasteiger partial charge in [0.05, 0.1) is 38.8 Å². The van der Waals surface area contributed by atoms with Crippen LogP contribution in [0.5, 0.6) is 5.75 Å². The molecule has 2 aromatic rings. The first-order valence-corrected chi connectivity index (χ1v) is 10.6. The van der Waals surface area contributed by atoms with E-state index >= 15 is 0 Å². The van der Waals surface area contributed by atoms with Gasteiger partial charge >= 0.3 is 0 Å². The van der Waals surface area contributed by atoms with Crippen molar-refractivity contribution < 1.29 is 24.3 Å². The third-order valence-corrected chi connectivity index (χ3v) is 5.75. The van der Waals surface area contributed by atoms with Gasteiger partial charge in [0.25, 0.3) is 5.91 Å². The average Bonchev–Trinajstić information content (AvgIpc) is 2.98. The Hall–Kier alpha value is -2.54. The van der Waals surface area contributed by atoms with Crippen LogP contribution in [0, 0.1) is 0 Å². The fraction of sp³-hybridized carbons (Fsp3) is 0.304. The van der Waals surface area contributed by atoms with Gasteiger partial charge in [0.15, 0.2) is 0 Å². The van der Waals surface area contributed by atoms with Gasteiger partial charge in [-0.2, -0.15) is 0 Å². The van der Waals surface area contributed by atoms with Gasteiger partial charge in [-0.05, 0) is 35.4 Å². The molecule has 1 aliphatic rings. The number of benzene rings is 2. The van der Waals surface area contributed by atoms with Crippen molar-refractivity contribution in [3.63, 3.8) is 0 Å². The van der Waals surface area contributed by atoms with Crippen molar-refractivity contribution in [3.05, 3.63) is 69.2 Å². The van der Waals surface area contributed by atoms with E-state index in [4.69, 9.17) is 27.9 Å². The van der Waals surface area contributed by atoms with Crippen molar-refractivity contribution in [2.75, 3.05) is 34.3 Å². The molecule has 1 unspecified atom stereocenters. The van der Waals surface area contributed by atoms with Crippen LogP contribution in [0.1, 0.15) is 23.6 Å². The summed E-state index contributed by atoms with van der Waals surface area (Å²) in [6.07, 6.45) is 0.696. The lowest BCUT2D eigenvalue weighted by Crippen LogP contribution is -3.05. The van der Waals surface area contributed by atoms with Crippen molar-refractivity contribution in [1.82, 2.24) is 4.90 Å². The second-order valence-corrected chi connectivity index (χ2v) is 8.53. The molecule has 2 aromatic carbocycles. The predicted octanol–water partition coefficient (Wildman–Crippen LogP) is 1.76. The molecule has 0 aliphatic carbocycles. The molecular weight excluding hydrogens is 439 g/mol. The summed E-state index contributed by atoms with van der Waals surface area (Å²) in [4.78, 5) is 28.5. The van der Waals surface area contributed by atoms with E-state index in [2.05, 4.69) is 0 Å². The van der Waals surface area contributed by atoms with E-state index in [0.717, 1.165) is 6.54 Å². The van der Waals surface area contributed by atoms with E-state index in [9.17, 15) is 14.7 Å². The van der Waals surface area contributed by atoms with E-state index in [1.54, 1.807) is 30.3 Å². The summed E-state index contributed by atoms with van der Waals surface area (Å²) in [5.74, 6) is -1.56. The molecule has 0 radical (unpaired) electrons. The first kappa shape index (κ1) is 23.1. The summed E-state index contributed by atoms with van der Waals surface area (Å²) in [5, 5.41) is 14.1. The average molecular weight is 463 g/mol. The van der Waals surface area contributed by atoms with Crippen molar-refractivity contribution >= 4 is 40.7 Å². The molecule has 1 heterocycles. The van der Waals surface area contributed by atoms with Gasteiger partial charge in [0, 0.05) is 23.6 Å². The lowest BCUT2D eigenvalue weighted by atomic mass is 9.95. The Balaban J connectivity index is 2.10. The molecule has 1 amide bonds. The van der Waals surface area contributed by atoms with E-state index in [-0.39, 0.29) is 16.2 Å². The maximum absolute atomic E-state index is 13.4. The summed E-state index contributed by atoms with van der Waals surface area (Å²) >= 11 is 12.2. The highest BCUT2D eigenvalue weighted by Crippen LogP contribution is 2.39. The number of halogens is 2. The second-order valence-electron chi connectivity index (χ2n) is 7.68. The summed E-state index contributed by atoms with van der Waals surface area (Å²) in [6.45, 7) is 1.19. The number of methoxy groups -OCH3 is 1. The molecule has 0 aromatic heterocycles. The van der Waals surface area contributed by atoms with Crippen LogP contribution in [0.2, 0.25) is 10.0 Å². The highest BCUT2D eigenvalue weighted by Gasteiger charge is 2.43. The van der Waals surface area contributed by atoms with E-state index in [0.29, 0.717) is 29.3 Å². The molecular formula is C23H24Cl2N2O4. The minimum atomic E-state index is -0.783. The number of rotatable bonds is 7. The smallest absolute Gasteiger partial charge is 0.295 e. The monoisotopic (exact) mass is 462 g/mol. The number of nitrogens with zero attached hydrogens (tertiary/aromatic N) is 1. The number of hydrogen-bond acceptors (Lipinski definition) is 4. The van der Waals surface area contributed by atoms with Crippen LogP contribution < -0.4 is 14.7 Å². The first-order chi connectivity index (χ1) is 14.7. The Bertz CT molecular complexity index is 1020. The Labute approximate surface area is 191 Å². The number of Topliss-reactive ketones (excluding diaryl/α,β-unsaturated/α-hetero) is 1. The number of nitrogens with one attached hydrogen (secondary N) is 1. The number of carbonyl (C=O) groups is 2. The number of quaternary nitrogens is 1. The van der Waals surface area contributed by atoms with Gasteiger partial charge in [-0.15, -0.1) is 0 Å². The zero-order valence-corrected chi connectivity index (χ0v) is 19.1. The van der Waals surface area contributed by atoms with Crippen molar-refractivity contribution in [2.24, 2.45) is 0 Å². The standard InChI is InChI=1S/C23H24Cl2N2O4/c1-26(2)11-4-12-27-20(14-5-8-16(24)9-6-14)19(22(29)23(27)30)21(28)15-7-10-18(31-3)17(25)13-15/h5-10,13,20,28H,4,11-12H2,1-3H3. The summed E-state index contributed by atoms with van der Waals surface area (Å²) < 4.78 is 5.13. The molecule has 3 rings (SSSR count). The number of amides is 1. The third kappa shape index (κ3) is 4.87. The van der Waals surface area contributed by atoms with Crippen LogP contribution in [0.3, 0.4) is 0 Å². The molecule has 31 heavy (non-hydrogen) atoms. The Kier molecular flexibility index (Phi) is 7.26. The van der Waals surface area contributed by atoms with Gasteiger partial charge in [0.2, 0.25) is 5.78 Å². The molecule has 1 saturated heterocycles. The molecule has 0 saturated carbocycles. The predicted molar refractivity (Wildman–Crippen MR) is 118 cm³/mol. The van der Waals surface area contributed by atoms with Crippen molar-refractivity contribution in [2.45, 2.75) is 12.5 Å². The topological polar surface area (TPSA) is 74.1 Å². The van der Waals surface area contributed by atoms with Crippen molar-refractivity contribution in [1.29, 1.82) is 0 Å². The molecule has 1 N–H and O–H groups in total. The van der Waals surface area contributed by atoms with Gasteiger partial charge in [0.1, 0.15) is 5.75 Å². The van der Waals surface area contributed by atoms with Crippen LogP contribution >= 0.6 is 23.2 Å². The van der Waals surface area contributed by atoms with Gasteiger partial charge in [-0.3, -0.25) is 9.59 Å². The Morgan fingerprint density at radius 1 is 1.13 bits per heavy atom. The third-order valence-electron chi connectivity index (χ3n) is 5.20. The van der Waals surface area contributed by atoms with Crippen LogP contribution in [-0.4, -0.2) is 50.9 Å². The molecule has 1 aliphatic heterocycles. The summed E-state index contributed by atoms with van der Waals surface area (Å²) in [5.41, 5.74) is 0.801. The normalized spacial score (nSPS) is 18.1. The summed E-state index contributed by atoms with van der Waals surface area (Å²) in [7, 11) is 5.50. The number of hydrogen-bond donors (Lipinski definition) is 1. The molecule has 1 fully saturated rings. The van der Waals surface area contributed by atoms with Gasteiger partial charge in [-0.25, -0.2) is 0 Å². The number of carbonyl (C=O) groups excluding carboxylic acids is 2. The zero-order chi connectivity index (χ0) is 22.7. The zero-order valence-electron chi connectivity index (χ0n) is 17.6. The van der Waals surface area contributed by atoms with Gasteiger partial charge in [-0.1, -0.05) is 47.2 Å². The summed E-state index contributed by atoms with van der Waals surface area (Å²) in [6, 6.07) is 10.6. The Morgan fingerprint density at radius 3 is 2.39 bits per heavy atom. The van der Waals surface area contributed by atoms with Crippen LogP contribution in [0.25, 0.3) is 5.76 Å². The van der Waals surface area contributed by atoms with E-state index < -0.39 is 23.5 Å². The maximum Gasteiger partial charge on any atom is 0.295 e. The quantitative estimate of drug-likeness (QED) is 0.386. The van der Waals surface area contributed by atoms with E-state index in [1.165, 1.54) is 29.0 Å². The first-order valence-electron chi connectivity index (χ1n) is 9.89. The van der Waals surface area contributed by atoms with Crippen LogP contribution in [0.4, 0.5) is 0 Å². The highest BCUT2D eigenvalue weighted by molar-refractivity contribution is 6.46. The van der Waals surface area contributed by atoms with Crippen molar-refractivity contribution in [3.8, 4) is 5.75 Å². The highest BCUT2D eigenvalue weighted by atomic mass is 35.5. The molecule has 8 heteroatoms.